The van der Waals surface area contributed by atoms with Crippen molar-refractivity contribution >= 4 is 34.5 Å². The average molecular weight is 556 g/mol. The quantitative estimate of drug-likeness (QED) is 0.277. The molecular formula is C28H24F3N3O4S. The highest BCUT2D eigenvalue weighted by Gasteiger charge is 2.30. The van der Waals surface area contributed by atoms with Crippen LogP contribution in [0.15, 0.2) is 77.8 Å². The first-order valence-corrected chi connectivity index (χ1v) is 13.1. The Morgan fingerprint density at radius 2 is 1.77 bits per heavy atom. The van der Waals surface area contributed by atoms with Gasteiger partial charge >= 0.3 is 6.18 Å². The standard InChI is InChI=1S/C28H24F3N3O4S/c29-28(30,31)20-5-3-4-19(13-20)27(36)32-10-11-34-15-25(21-6-1-2-7-22(21)34)39-16-26(35)33-14-18-8-9-23-24(12-18)38-17-37-23/h1-9,12-13,15H,10-11,14,16-17H2,(H,32,36)(H,33,35). The van der Waals surface area contributed by atoms with Crippen molar-refractivity contribution in [2.45, 2.75) is 24.2 Å². The van der Waals surface area contributed by atoms with Crippen molar-refractivity contribution in [3.8, 4) is 11.5 Å². The van der Waals surface area contributed by atoms with Crippen LogP contribution in [0.5, 0.6) is 11.5 Å². The van der Waals surface area contributed by atoms with E-state index in [2.05, 4.69) is 10.6 Å². The third-order valence-electron chi connectivity index (χ3n) is 6.13. The molecule has 0 unspecified atom stereocenters. The molecule has 202 valence electrons. The van der Waals surface area contributed by atoms with E-state index < -0.39 is 17.6 Å². The molecular weight excluding hydrogens is 531 g/mol. The summed E-state index contributed by atoms with van der Waals surface area (Å²) in [6, 6.07) is 17.6. The minimum atomic E-state index is -4.52. The summed E-state index contributed by atoms with van der Waals surface area (Å²) >= 11 is 1.40. The van der Waals surface area contributed by atoms with Crippen LogP contribution in [-0.2, 0) is 24.1 Å². The van der Waals surface area contributed by atoms with E-state index >= 15 is 0 Å². The maximum atomic E-state index is 13.0. The van der Waals surface area contributed by atoms with E-state index in [1.54, 1.807) is 0 Å². The summed E-state index contributed by atoms with van der Waals surface area (Å²) in [6.07, 6.45) is -2.60. The molecule has 3 aromatic carbocycles. The number of carbonyl (C=O) groups excluding carboxylic acids is 2. The van der Waals surface area contributed by atoms with E-state index in [1.165, 1.54) is 23.9 Å². The minimum Gasteiger partial charge on any atom is -0.454 e. The third-order valence-corrected chi connectivity index (χ3v) is 7.17. The van der Waals surface area contributed by atoms with Crippen LogP contribution in [0.1, 0.15) is 21.5 Å². The Kier molecular flexibility index (Phi) is 7.69. The smallest absolute Gasteiger partial charge is 0.416 e. The Labute approximate surface area is 226 Å². The number of para-hydroxylation sites is 1. The Balaban J connectivity index is 1.16. The first kappa shape index (κ1) is 26.5. The van der Waals surface area contributed by atoms with Gasteiger partial charge in [0.15, 0.2) is 11.5 Å². The fourth-order valence-electron chi connectivity index (χ4n) is 4.19. The molecule has 0 atom stereocenters. The van der Waals surface area contributed by atoms with E-state index in [-0.39, 0.29) is 30.6 Å². The zero-order valence-electron chi connectivity index (χ0n) is 20.6. The molecule has 5 rings (SSSR count). The number of thioether (sulfide) groups is 1. The highest BCUT2D eigenvalue weighted by Crippen LogP contribution is 2.33. The molecule has 2 amide bonds. The van der Waals surface area contributed by atoms with Crippen molar-refractivity contribution in [3.05, 3.63) is 89.6 Å². The molecule has 2 heterocycles. The van der Waals surface area contributed by atoms with Crippen LogP contribution in [0.4, 0.5) is 13.2 Å². The van der Waals surface area contributed by atoms with E-state index in [1.807, 2.05) is 53.2 Å². The van der Waals surface area contributed by atoms with Gasteiger partial charge in [0.05, 0.1) is 11.3 Å². The first-order valence-electron chi connectivity index (χ1n) is 12.1. The monoisotopic (exact) mass is 555 g/mol. The molecule has 7 nitrogen and oxygen atoms in total. The maximum Gasteiger partial charge on any atom is 0.416 e. The summed E-state index contributed by atoms with van der Waals surface area (Å²) in [6.45, 7) is 1.18. The summed E-state index contributed by atoms with van der Waals surface area (Å²) in [5.74, 6) is 0.863. The summed E-state index contributed by atoms with van der Waals surface area (Å²) < 4.78 is 51.5. The van der Waals surface area contributed by atoms with Gasteiger partial charge in [-0.05, 0) is 42.0 Å². The topological polar surface area (TPSA) is 81.6 Å². The van der Waals surface area contributed by atoms with Gasteiger partial charge in [-0.25, -0.2) is 0 Å². The number of nitrogens with one attached hydrogen (secondary N) is 2. The summed E-state index contributed by atoms with van der Waals surface area (Å²) in [5.41, 5.74) is 0.911. The predicted molar refractivity (Wildman–Crippen MR) is 141 cm³/mol. The molecule has 0 spiro atoms. The number of ether oxygens (including phenoxy) is 2. The van der Waals surface area contributed by atoms with Gasteiger partial charge in [0.25, 0.3) is 5.91 Å². The molecule has 39 heavy (non-hydrogen) atoms. The van der Waals surface area contributed by atoms with Gasteiger partial charge in [-0.3, -0.25) is 9.59 Å². The molecule has 0 saturated heterocycles. The van der Waals surface area contributed by atoms with Crippen LogP contribution in [0.25, 0.3) is 10.9 Å². The van der Waals surface area contributed by atoms with Crippen molar-refractivity contribution < 1.29 is 32.2 Å². The fraction of sp³-hybridized carbons (Fsp3) is 0.214. The normalized spacial score (nSPS) is 12.5. The van der Waals surface area contributed by atoms with Crippen LogP contribution < -0.4 is 20.1 Å². The number of hydrogen-bond donors (Lipinski definition) is 2. The lowest BCUT2D eigenvalue weighted by atomic mass is 10.1. The average Bonchev–Trinajstić information content (AvgIpc) is 3.54. The Bertz CT molecular complexity index is 1520. The van der Waals surface area contributed by atoms with E-state index in [9.17, 15) is 22.8 Å². The zero-order chi connectivity index (χ0) is 27.4. The summed E-state index contributed by atoms with van der Waals surface area (Å²) in [5, 5.41) is 6.56. The van der Waals surface area contributed by atoms with Crippen molar-refractivity contribution in [2.24, 2.45) is 0 Å². The number of amides is 2. The molecule has 4 aromatic rings. The van der Waals surface area contributed by atoms with Crippen LogP contribution in [0, 0.1) is 0 Å². The highest BCUT2D eigenvalue weighted by atomic mass is 32.2. The number of rotatable bonds is 9. The van der Waals surface area contributed by atoms with Gasteiger partial charge < -0.3 is 24.7 Å². The third kappa shape index (κ3) is 6.31. The SMILES string of the molecule is O=C(CSc1cn(CCNC(=O)c2cccc(C(F)(F)F)c2)c2ccccc12)NCc1ccc2c(c1)OCO2. The molecule has 0 aliphatic carbocycles. The van der Waals surface area contributed by atoms with Gasteiger partial charge in [-0.1, -0.05) is 30.3 Å². The predicted octanol–water partition coefficient (Wildman–Crippen LogP) is 5.23. The van der Waals surface area contributed by atoms with E-state index in [4.69, 9.17) is 9.47 Å². The lowest BCUT2D eigenvalue weighted by Gasteiger charge is -2.10. The van der Waals surface area contributed by atoms with E-state index in [0.717, 1.165) is 33.5 Å². The lowest BCUT2D eigenvalue weighted by Crippen LogP contribution is -2.27. The molecule has 0 fully saturated rings. The number of aromatic nitrogens is 1. The van der Waals surface area contributed by atoms with Crippen LogP contribution in [-0.4, -0.2) is 35.5 Å². The first-order chi connectivity index (χ1) is 18.8. The van der Waals surface area contributed by atoms with Gasteiger partial charge in [0, 0.05) is 47.2 Å². The fourth-order valence-corrected chi connectivity index (χ4v) is 5.11. The van der Waals surface area contributed by atoms with Crippen LogP contribution in [0.3, 0.4) is 0 Å². The minimum absolute atomic E-state index is 0.0507. The molecule has 1 aliphatic heterocycles. The molecule has 1 aromatic heterocycles. The molecule has 0 bridgehead atoms. The van der Waals surface area contributed by atoms with Crippen molar-refractivity contribution in [3.63, 3.8) is 0 Å². The van der Waals surface area contributed by atoms with Gasteiger partial charge in [0.2, 0.25) is 12.7 Å². The van der Waals surface area contributed by atoms with Gasteiger partial charge in [-0.2, -0.15) is 13.2 Å². The second kappa shape index (κ2) is 11.3. The number of carbonyl (C=O) groups is 2. The van der Waals surface area contributed by atoms with Gasteiger partial charge in [-0.15, -0.1) is 11.8 Å². The van der Waals surface area contributed by atoms with Crippen LogP contribution >= 0.6 is 11.8 Å². The second-order valence-corrected chi connectivity index (χ2v) is 9.81. The largest absolute Gasteiger partial charge is 0.454 e. The summed E-state index contributed by atoms with van der Waals surface area (Å²) in [4.78, 5) is 25.9. The van der Waals surface area contributed by atoms with Gasteiger partial charge in [0.1, 0.15) is 0 Å². The summed E-state index contributed by atoms with van der Waals surface area (Å²) in [7, 11) is 0. The number of benzene rings is 3. The number of alkyl halides is 3. The molecule has 2 N–H and O–H groups in total. The van der Waals surface area contributed by atoms with Crippen molar-refractivity contribution in [1.29, 1.82) is 0 Å². The Morgan fingerprint density at radius 1 is 0.949 bits per heavy atom. The molecule has 0 saturated carbocycles. The maximum absolute atomic E-state index is 13.0. The second-order valence-electron chi connectivity index (χ2n) is 8.79. The van der Waals surface area contributed by atoms with Crippen LogP contribution in [0.2, 0.25) is 0 Å². The Morgan fingerprint density at radius 3 is 2.62 bits per heavy atom. The van der Waals surface area contributed by atoms with Crippen molar-refractivity contribution in [2.75, 3.05) is 19.1 Å². The number of fused-ring (bicyclic) bond motifs is 2. The van der Waals surface area contributed by atoms with Crippen molar-refractivity contribution in [1.82, 2.24) is 15.2 Å². The van der Waals surface area contributed by atoms with E-state index in [0.29, 0.717) is 24.6 Å². The number of halogens is 3. The highest BCUT2D eigenvalue weighted by molar-refractivity contribution is 8.00. The number of hydrogen-bond acceptors (Lipinski definition) is 5. The zero-order valence-corrected chi connectivity index (χ0v) is 21.4. The molecule has 1 aliphatic rings. The molecule has 0 radical (unpaired) electrons. The lowest BCUT2D eigenvalue weighted by molar-refractivity contribution is -0.137. The Hall–Kier alpha value is -4.12. The number of nitrogens with zero attached hydrogens (tertiary/aromatic N) is 1. The molecule has 11 heteroatoms.